The van der Waals surface area contributed by atoms with Gasteiger partial charge in [-0.05, 0) is 25.7 Å². The van der Waals surface area contributed by atoms with Crippen molar-refractivity contribution in [3.63, 3.8) is 0 Å². The van der Waals surface area contributed by atoms with Crippen molar-refractivity contribution in [1.82, 2.24) is 0 Å². The first-order chi connectivity index (χ1) is 8.81. The topological polar surface area (TPSA) is 44.5 Å². The Morgan fingerprint density at radius 3 is 1.44 bits per heavy atom. The van der Waals surface area contributed by atoms with Crippen LogP contribution in [-0.4, -0.2) is 23.9 Å². The van der Waals surface area contributed by atoms with Gasteiger partial charge >= 0.3 is 0 Å². The summed E-state index contributed by atoms with van der Waals surface area (Å²) in [6.45, 7) is 1.46. The number of rotatable bonds is 14. The van der Waals surface area contributed by atoms with Gasteiger partial charge in [0.1, 0.15) is 0 Å². The molecule has 0 atom stereocenters. The number of unbranched alkanes of at least 4 members (excludes halogenated alkanes) is 6. The van der Waals surface area contributed by atoms with Gasteiger partial charge in [0, 0.05) is 10.7 Å². The lowest BCUT2D eigenvalue weighted by Gasteiger charge is -2.12. The zero-order valence-electron chi connectivity index (χ0n) is 11.1. The Hall–Kier alpha value is 1.27. The fourth-order valence-electron chi connectivity index (χ4n) is 1.45. The minimum atomic E-state index is -1.15. The summed E-state index contributed by atoms with van der Waals surface area (Å²) in [4.78, 5) is 0. The van der Waals surface area contributed by atoms with E-state index in [1.54, 1.807) is 0 Å². The fraction of sp³-hybridized carbons (Fsp3) is 1.00. The van der Waals surface area contributed by atoms with Gasteiger partial charge in [0.2, 0.25) is 0 Å². The Bertz CT molecular complexity index is 151. The predicted octanol–water partition coefficient (Wildman–Crippen LogP) is 5.12. The molecule has 0 rings (SSSR count). The Morgan fingerprint density at radius 2 is 1.06 bits per heavy atom. The number of halogens is 2. The van der Waals surface area contributed by atoms with Crippen molar-refractivity contribution in [2.24, 2.45) is 5.50 Å². The summed E-state index contributed by atoms with van der Waals surface area (Å²) in [5.41, 5.74) is 5.76. The maximum Gasteiger partial charge on any atom is 0.252 e. The number of nitrogens with two attached hydrogens (primary N) is 1. The van der Waals surface area contributed by atoms with Gasteiger partial charge in [-0.15, -0.1) is 0 Å². The summed E-state index contributed by atoms with van der Waals surface area (Å²) in [6.07, 6.45) is 9.57. The quantitative estimate of drug-likeness (QED) is 0.247. The molecule has 2 N–H and O–H groups in total. The van der Waals surface area contributed by atoms with Crippen LogP contribution < -0.4 is 5.50 Å². The summed E-state index contributed by atoms with van der Waals surface area (Å²) in [5.74, 6) is 0. The highest BCUT2D eigenvalue weighted by molar-refractivity contribution is 9.09. The second-order valence-corrected chi connectivity index (χ2v) is 6.83. The molecule has 0 amide bonds. The summed E-state index contributed by atoms with van der Waals surface area (Å²) in [5, 5.41) is 2.19. The molecule has 0 aliphatic carbocycles. The smallest absolute Gasteiger partial charge is 0.252 e. The molecule has 0 aliphatic heterocycles. The van der Waals surface area contributed by atoms with Crippen molar-refractivity contribution >= 4 is 40.4 Å². The van der Waals surface area contributed by atoms with E-state index in [2.05, 4.69) is 31.9 Å². The molecule has 0 radical (unpaired) electrons. The van der Waals surface area contributed by atoms with Crippen LogP contribution in [0.2, 0.25) is 0 Å². The van der Waals surface area contributed by atoms with Crippen molar-refractivity contribution < 1.29 is 9.05 Å². The van der Waals surface area contributed by atoms with Crippen LogP contribution in [0.25, 0.3) is 0 Å². The molecular formula is C12H26Br2NO2P. The van der Waals surface area contributed by atoms with Crippen LogP contribution in [0.15, 0.2) is 0 Å². The highest BCUT2D eigenvalue weighted by Crippen LogP contribution is 2.29. The lowest BCUT2D eigenvalue weighted by Crippen LogP contribution is -2.01. The molecule has 0 heterocycles. The van der Waals surface area contributed by atoms with Gasteiger partial charge in [-0.2, -0.15) is 0 Å². The third-order valence-electron chi connectivity index (χ3n) is 2.49. The molecule has 0 fully saturated rings. The average molecular weight is 407 g/mol. The highest BCUT2D eigenvalue weighted by atomic mass is 79.9. The van der Waals surface area contributed by atoms with Crippen LogP contribution in [-0.2, 0) is 9.05 Å². The van der Waals surface area contributed by atoms with E-state index in [0.29, 0.717) is 0 Å². The van der Waals surface area contributed by atoms with E-state index < -0.39 is 8.53 Å². The summed E-state index contributed by atoms with van der Waals surface area (Å²) in [6, 6.07) is 0. The van der Waals surface area contributed by atoms with Gasteiger partial charge in [-0.25, -0.2) is 0 Å². The van der Waals surface area contributed by atoms with Crippen molar-refractivity contribution in [1.29, 1.82) is 0 Å². The van der Waals surface area contributed by atoms with E-state index in [9.17, 15) is 0 Å². The van der Waals surface area contributed by atoms with E-state index in [4.69, 9.17) is 14.6 Å². The van der Waals surface area contributed by atoms with E-state index in [0.717, 1.165) is 36.7 Å². The van der Waals surface area contributed by atoms with Crippen LogP contribution >= 0.6 is 40.4 Å². The monoisotopic (exact) mass is 405 g/mol. The Morgan fingerprint density at radius 1 is 0.667 bits per heavy atom. The molecule has 0 aromatic heterocycles. The normalized spacial score (nSPS) is 11.3. The third kappa shape index (κ3) is 15.3. The minimum Gasteiger partial charge on any atom is -0.322 e. The molecule has 110 valence electrons. The summed E-state index contributed by atoms with van der Waals surface area (Å²) >= 11 is 6.84. The van der Waals surface area contributed by atoms with Crippen molar-refractivity contribution in [3.8, 4) is 0 Å². The van der Waals surface area contributed by atoms with Crippen LogP contribution in [0, 0.1) is 0 Å². The van der Waals surface area contributed by atoms with Crippen molar-refractivity contribution in [3.05, 3.63) is 0 Å². The molecule has 0 saturated carbocycles. The molecule has 0 aliphatic rings. The number of alkyl halides is 2. The zero-order valence-corrected chi connectivity index (χ0v) is 15.1. The molecule has 6 heteroatoms. The van der Waals surface area contributed by atoms with Gasteiger partial charge in [0.15, 0.2) is 0 Å². The molecule has 0 bridgehead atoms. The number of hydrogen-bond acceptors (Lipinski definition) is 3. The largest absolute Gasteiger partial charge is 0.322 e. The van der Waals surface area contributed by atoms with Crippen LogP contribution in [0.3, 0.4) is 0 Å². The van der Waals surface area contributed by atoms with Gasteiger partial charge < -0.3 is 9.05 Å². The Labute approximate surface area is 130 Å². The van der Waals surface area contributed by atoms with Crippen LogP contribution in [0.4, 0.5) is 0 Å². The maximum atomic E-state index is 5.76. The van der Waals surface area contributed by atoms with Gasteiger partial charge in [0.25, 0.3) is 8.53 Å². The van der Waals surface area contributed by atoms with Crippen LogP contribution in [0.5, 0.6) is 0 Å². The SMILES string of the molecule is NP(OCCCCCCBr)OCCCCCCBr. The molecule has 3 nitrogen and oxygen atoms in total. The van der Waals surface area contributed by atoms with E-state index >= 15 is 0 Å². The molecule has 0 spiro atoms. The Balaban J connectivity index is 3.10. The van der Waals surface area contributed by atoms with Gasteiger partial charge in [-0.1, -0.05) is 57.5 Å². The molecule has 18 heavy (non-hydrogen) atoms. The Kier molecular flexibility index (Phi) is 17.5. The number of hydrogen-bond donors (Lipinski definition) is 1. The highest BCUT2D eigenvalue weighted by Gasteiger charge is 2.03. The molecule has 0 saturated heterocycles. The third-order valence-corrected chi connectivity index (χ3v) is 4.49. The summed E-state index contributed by atoms with van der Waals surface area (Å²) in [7, 11) is -1.15. The lowest BCUT2D eigenvalue weighted by atomic mass is 10.2. The molecular weight excluding hydrogens is 381 g/mol. The first-order valence-electron chi connectivity index (χ1n) is 6.74. The average Bonchev–Trinajstić information content (AvgIpc) is 2.38. The van der Waals surface area contributed by atoms with Crippen LogP contribution in [0.1, 0.15) is 51.4 Å². The summed E-state index contributed by atoms with van der Waals surface area (Å²) < 4.78 is 10.9. The lowest BCUT2D eigenvalue weighted by molar-refractivity contribution is 0.240. The van der Waals surface area contributed by atoms with Crippen molar-refractivity contribution in [2.45, 2.75) is 51.4 Å². The first-order valence-corrected chi connectivity index (χ1v) is 10.2. The second-order valence-electron chi connectivity index (χ2n) is 4.16. The molecule has 0 unspecified atom stereocenters. The van der Waals surface area contributed by atoms with E-state index in [1.165, 1.54) is 38.5 Å². The van der Waals surface area contributed by atoms with Gasteiger partial charge in [-0.3, -0.25) is 5.50 Å². The second kappa shape index (κ2) is 16.3. The maximum absolute atomic E-state index is 5.76. The standard InChI is InChI=1S/C12H26Br2NO2P/c13-9-5-1-3-7-11-16-18(15)17-12-8-4-2-6-10-14/h1-12,15H2. The molecule has 0 aromatic rings. The van der Waals surface area contributed by atoms with Gasteiger partial charge in [0.05, 0.1) is 13.2 Å². The van der Waals surface area contributed by atoms with E-state index in [-0.39, 0.29) is 0 Å². The first kappa shape index (κ1) is 19.3. The predicted molar refractivity (Wildman–Crippen MR) is 87.5 cm³/mol. The van der Waals surface area contributed by atoms with E-state index in [1.807, 2.05) is 0 Å². The minimum absolute atomic E-state index is 0.730. The van der Waals surface area contributed by atoms with Crippen molar-refractivity contribution in [2.75, 3.05) is 23.9 Å². The fourth-order valence-corrected chi connectivity index (χ4v) is 2.93. The zero-order chi connectivity index (χ0) is 13.5. The molecule has 0 aromatic carbocycles.